The predicted molar refractivity (Wildman–Crippen MR) is 121 cm³/mol. The van der Waals surface area contributed by atoms with E-state index in [4.69, 9.17) is 0 Å². The van der Waals surface area contributed by atoms with Crippen molar-refractivity contribution in [3.8, 4) is 0 Å². The molecule has 0 saturated carbocycles. The van der Waals surface area contributed by atoms with Gasteiger partial charge in [0, 0.05) is 3.92 Å². The molecule has 0 radical (unpaired) electrons. The molecule has 0 aromatic heterocycles. The van der Waals surface area contributed by atoms with Gasteiger partial charge < -0.3 is 0 Å². The van der Waals surface area contributed by atoms with E-state index >= 15 is 0 Å². The molecule has 0 heterocycles. The van der Waals surface area contributed by atoms with Crippen molar-refractivity contribution in [1.29, 1.82) is 0 Å². The minimum Gasteiger partial charge on any atom is -0.0826 e. The van der Waals surface area contributed by atoms with E-state index in [9.17, 15) is 0 Å². The van der Waals surface area contributed by atoms with Gasteiger partial charge in [-0.1, -0.05) is 152 Å². The minimum atomic E-state index is 0.942. The third-order valence-electron chi connectivity index (χ3n) is 5.24. The highest BCUT2D eigenvalue weighted by Gasteiger charge is 2.03. The second kappa shape index (κ2) is 21.8. The van der Waals surface area contributed by atoms with Crippen molar-refractivity contribution in [2.24, 2.45) is 0 Å². The van der Waals surface area contributed by atoms with Crippen LogP contribution in [0.2, 0.25) is 0 Å². The molecule has 0 aliphatic carbocycles. The molecule has 1 heteroatoms. The monoisotopic (exact) mass is 450 g/mol. The average Bonchev–Trinajstić information content (AvgIpc) is 2.59. The molecule has 0 fully saturated rings. The Balaban J connectivity index is 3.10. The van der Waals surface area contributed by atoms with E-state index in [0.29, 0.717) is 0 Å². The molecule has 0 N–H and O–H groups in total. The van der Waals surface area contributed by atoms with Crippen LogP contribution < -0.4 is 0 Å². The summed E-state index contributed by atoms with van der Waals surface area (Å²) in [5.74, 6) is 0. The normalized spacial score (nSPS) is 12.6. The number of alkyl halides is 1. The van der Waals surface area contributed by atoms with E-state index in [2.05, 4.69) is 36.4 Å². The summed E-state index contributed by atoms with van der Waals surface area (Å²) in [4.78, 5) is 0. The van der Waals surface area contributed by atoms with Gasteiger partial charge in [0.05, 0.1) is 0 Å². The molecule has 0 bridgehead atoms. The number of hydrogen-bond donors (Lipinski definition) is 0. The van der Waals surface area contributed by atoms with Crippen LogP contribution in [0, 0.1) is 0 Å². The highest BCUT2D eigenvalue weighted by molar-refractivity contribution is 14.1. The Morgan fingerprint density at radius 2 is 0.667 bits per heavy atom. The fraction of sp³-hybridized carbons (Fsp3) is 1.00. The number of hydrogen-bond acceptors (Lipinski definition) is 0. The highest BCUT2D eigenvalue weighted by Crippen LogP contribution is 2.20. The van der Waals surface area contributed by atoms with Crippen molar-refractivity contribution < 1.29 is 0 Å². The van der Waals surface area contributed by atoms with Crippen LogP contribution >= 0.6 is 22.6 Å². The molecule has 0 spiro atoms. The summed E-state index contributed by atoms with van der Waals surface area (Å²) in [6, 6.07) is 0. The van der Waals surface area contributed by atoms with Crippen molar-refractivity contribution >= 4 is 22.6 Å². The Hall–Kier alpha value is 0.730. The summed E-state index contributed by atoms with van der Waals surface area (Å²) in [5.41, 5.74) is 0. The molecule has 0 rings (SSSR count). The molecule has 0 aliphatic rings. The quantitative estimate of drug-likeness (QED) is 0.0984. The first-order chi connectivity index (χ1) is 11.8. The standard InChI is InChI=1S/C23H47I/c1-3-5-7-9-11-12-13-14-15-16-18-20-22-23(24)21-19-17-10-8-6-4-2/h23H,3-22H2,1-2H3. The Kier molecular flexibility index (Phi) is 22.4. The largest absolute Gasteiger partial charge is 0.0826 e. The molecule has 0 amide bonds. The van der Waals surface area contributed by atoms with Gasteiger partial charge in [-0.15, -0.1) is 0 Å². The second-order valence-corrected chi connectivity index (χ2v) is 9.59. The van der Waals surface area contributed by atoms with Crippen LogP contribution in [0.15, 0.2) is 0 Å². The smallest absolute Gasteiger partial charge is 0.0110 e. The van der Waals surface area contributed by atoms with Gasteiger partial charge in [0.15, 0.2) is 0 Å². The van der Waals surface area contributed by atoms with Crippen LogP contribution in [-0.2, 0) is 0 Å². The molecular weight excluding hydrogens is 403 g/mol. The van der Waals surface area contributed by atoms with Gasteiger partial charge in [0.2, 0.25) is 0 Å². The average molecular weight is 451 g/mol. The highest BCUT2D eigenvalue weighted by atomic mass is 127. The molecule has 146 valence electrons. The Morgan fingerprint density at radius 1 is 0.417 bits per heavy atom. The summed E-state index contributed by atoms with van der Waals surface area (Å²) in [5, 5.41) is 0. The van der Waals surface area contributed by atoms with E-state index in [-0.39, 0.29) is 0 Å². The lowest BCUT2D eigenvalue weighted by Crippen LogP contribution is -1.97. The third-order valence-corrected chi connectivity index (χ3v) is 6.49. The molecule has 1 atom stereocenters. The van der Waals surface area contributed by atoms with Crippen LogP contribution in [0.4, 0.5) is 0 Å². The van der Waals surface area contributed by atoms with Crippen LogP contribution in [0.25, 0.3) is 0 Å². The maximum Gasteiger partial charge on any atom is 0.0110 e. The predicted octanol–water partition coefficient (Wildman–Crippen LogP) is 9.63. The first-order valence-electron chi connectivity index (χ1n) is 11.4. The van der Waals surface area contributed by atoms with Gasteiger partial charge >= 0.3 is 0 Å². The Bertz CT molecular complexity index is 214. The zero-order chi connectivity index (χ0) is 17.7. The van der Waals surface area contributed by atoms with Crippen molar-refractivity contribution in [1.82, 2.24) is 0 Å². The SMILES string of the molecule is CCCCCCCCCCCCCCC(I)CCCCCCCC. The lowest BCUT2D eigenvalue weighted by Gasteiger charge is -2.09. The van der Waals surface area contributed by atoms with E-state index in [1.54, 1.807) is 0 Å². The second-order valence-electron chi connectivity index (χ2n) is 7.83. The van der Waals surface area contributed by atoms with Crippen molar-refractivity contribution in [3.05, 3.63) is 0 Å². The molecule has 0 aliphatic heterocycles. The zero-order valence-electron chi connectivity index (χ0n) is 17.1. The first kappa shape index (κ1) is 24.7. The van der Waals surface area contributed by atoms with E-state index < -0.39 is 0 Å². The number of halogens is 1. The van der Waals surface area contributed by atoms with Gasteiger partial charge in [-0.3, -0.25) is 0 Å². The van der Waals surface area contributed by atoms with E-state index in [1.165, 1.54) is 128 Å². The summed E-state index contributed by atoms with van der Waals surface area (Å²) in [7, 11) is 0. The van der Waals surface area contributed by atoms with Crippen LogP contribution in [0.3, 0.4) is 0 Å². The maximum absolute atomic E-state index is 2.70. The molecule has 24 heavy (non-hydrogen) atoms. The Labute approximate surface area is 168 Å². The molecular formula is C23H47I. The summed E-state index contributed by atoms with van der Waals surface area (Å²) in [6.45, 7) is 4.60. The van der Waals surface area contributed by atoms with Gasteiger partial charge in [0.1, 0.15) is 0 Å². The van der Waals surface area contributed by atoms with Gasteiger partial charge in [-0.05, 0) is 12.8 Å². The van der Waals surface area contributed by atoms with Gasteiger partial charge in [0.25, 0.3) is 0 Å². The van der Waals surface area contributed by atoms with Crippen molar-refractivity contribution in [2.45, 2.75) is 146 Å². The van der Waals surface area contributed by atoms with Gasteiger partial charge in [-0.25, -0.2) is 0 Å². The fourth-order valence-electron chi connectivity index (χ4n) is 3.50. The molecule has 1 unspecified atom stereocenters. The maximum atomic E-state index is 2.70. The van der Waals surface area contributed by atoms with Crippen LogP contribution in [-0.4, -0.2) is 3.92 Å². The number of unbranched alkanes of at least 4 members (excludes halogenated alkanes) is 16. The minimum absolute atomic E-state index is 0.942. The topological polar surface area (TPSA) is 0 Å². The molecule has 0 aromatic carbocycles. The van der Waals surface area contributed by atoms with E-state index in [1.807, 2.05) is 0 Å². The molecule has 0 aromatic rings. The fourth-order valence-corrected chi connectivity index (χ4v) is 4.38. The van der Waals surface area contributed by atoms with Crippen LogP contribution in [0.5, 0.6) is 0 Å². The first-order valence-corrected chi connectivity index (χ1v) is 12.7. The van der Waals surface area contributed by atoms with Crippen molar-refractivity contribution in [2.75, 3.05) is 0 Å². The van der Waals surface area contributed by atoms with E-state index in [0.717, 1.165) is 3.92 Å². The van der Waals surface area contributed by atoms with Crippen molar-refractivity contribution in [3.63, 3.8) is 0 Å². The van der Waals surface area contributed by atoms with Crippen LogP contribution in [0.1, 0.15) is 142 Å². The summed E-state index contributed by atoms with van der Waals surface area (Å²) >= 11 is 2.70. The number of rotatable bonds is 20. The zero-order valence-corrected chi connectivity index (χ0v) is 19.3. The summed E-state index contributed by atoms with van der Waals surface area (Å²) < 4.78 is 0.942. The molecule has 0 saturated heterocycles. The lowest BCUT2D eigenvalue weighted by atomic mass is 10.0. The van der Waals surface area contributed by atoms with Gasteiger partial charge in [-0.2, -0.15) is 0 Å². The third kappa shape index (κ3) is 20.8. The Morgan fingerprint density at radius 3 is 0.958 bits per heavy atom. The summed E-state index contributed by atoms with van der Waals surface area (Å²) in [6.07, 6.45) is 29.2. The molecule has 0 nitrogen and oxygen atoms in total. The lowest BCUT2D eigenvalue weighted by molar-refractivity contribution is 0.530.